The highest BCUT2D eigenvalue weighted by atomic mass is 16.5. The van der Waals surface area contributed by atoms with Crippen LogP contribution < -0.4 is 9.64 Å². The van der Waals surface area contributed by atoms with E-state index in [9.17, 15) is 4.79 Å². The van der Waals surface area contributed by atoms with Gasteiger partial charge in [-0.25, -0.2) is 0 Å². The highest BCUT2D eigenvalue weighted by molar-refractivity contribution is 5.94. The molecule has 1 fully saturated rings. The standard InChI is InChI=1S/C21H29N3O2/c1-16-14-22(18-6-8-19(26-5)9-7-18)12-13-24(16)20(25)17-10-11-23(15-17)21(2,3)4/h6-11,15-16H,12-14H2,1-5H3/t16-/m0/s1. The minimum atomic E-state index is -0.0167. The maximum absolute atomic E-state index is 13.0. The lowest BCUT2D eigenvalue weighted by atomic mass is 10.1. The molecular formula is C21H29N3O2. The van der Waals surface area contributed by atoms with Gasteiger partial charge in [-0.05, 0) is 58.0 Å². The van der Waals surface area contributed by atoms with Crippen molar-refractivity contribution in [2.75, 3.05) is 31.6 Å². The van der Waals surface area contributed by atoms with Crippen LogP contribution in [-0.2, 0) is 5.54 Å². The van der Waals surface area contributed by atoms with E-state index < -0.39 is 0 Å². The number of rotatable bonds is 3. The molecule has 1 aromatic carbocycles. The average molecular weight is 355 g/mol. The summed E-state index contributed by atoms with van der Waals surface area (Å²) < 4.78 is 7.32. The summed E-state index contributed by atoms with van der Waals surface area (Å²) in [5, 5.41) is 0. The lowest BCUT2D eigenvalue weighted by Gasteiger charge is -2.41. The van der Waals surface area contributed by atoms with Crippen LogP contribution in [0.3, 0.4) is 0 Å². The van der Waals surface area contributed by atoms with E-state index in [1.165, 1.54) is 5.69 Å². The SMILES string of the molecule is COc1ccc(N2CCN(C(=O)c3ccn(C(C)(C)C)c3)[C@@H](C)C2)cc1. The Labute approximate surface area is 156 Å². The molecule has 1 amide bonds. The molecule has 0 spiro atoms. The Hall–Kier alpha value is -2.43. The minimum absolute atomic E-state index is 0.0167. The molecule has 0 N–H and O–H groups in total. The Morgan fingerprint density at radius 1 is 1.12 bits per heavy atom. The lowest BCUT2D eigenvalue weighted by Crippen LogP contribution is -2.54. The average Bonchev–Trinajstić information content (AvgIpc) is 3.12. The zero-order chi connectivity index (χ0) is 18.9. The maximum atomic E-state index is 13.0. The Morgan fingerprint density at radius 3 is 2.35 bits per heavy atom. The maximum Gasteiger partial charge on any atom is 0.255 e. The number of methoxy groups -OCH3 is 1. The Balaban J connectivity index is 1.68. The van der Waals surface area contributed by atoms with Gasteiger partial charge in [0.25, 0.3) is 5.91 Å². The minimum Gasteiger partial charge on any atom is -0.497 e. The molecule has 5 nitrogen and oxygen atoms in total. The van der Waals surface area contributed by atoms with Gasteiger partial charge in [-0.15, -0.1) is 0 Å². The van der Waals surface area contributed by atoms with E-state index in [2.05, 4.69) is 49.3 Å². The third-order valence-electron chi connectivity index (χ3n) is 5.04. The third-order valence-corrected chi connectivity index (χ3v) is 5.04. The highest BCUT2D eigenvalue weighted by Crippen LogP contribution is 2.24. The van der Waals surface area contributed by atoms with Crippen molar-refractivity contribution in [2.24, 2.45) is 0 Å². The molecule has 1 aliphatic rings. The summed E-state index contributed by atoms with van der Waals surface area (Å²) in [5.74, 6) is 0.980. The molecule has 0 radical (unpaired) electrons. The van der Waals surface area contributed by atoms with Gasteiger partial charge in [-0.3, -0.25) is 4.79 Å². The molecule has 26 heavy (non-hydrogen) atoms. The highest BCUT2D eigenvalue weighted by Gasteiger charge is 2.29. The largest absolute Gasteiger partial charge is 0.497 e. The number of ether oxygens (including phenoxy) is 1. The van der Waals surface area contributed by atoms with Gasteiger partial charge in [0.2, 0.25) is 0 Å². The van der Waals surface area contributed by atoms with Gasteiger partial charge in [-0.2, -0.15) is 0 Å². The monoisotopic (exact) mass is 355 g/mol. The zero-order valence-electron chi connectivity index (χ0n) is 16.4. The van der Waals surface area contributed by atoms with Gasteiger partial charge in [0, 0.05) is 49.3 Å². The van der Waals surface area contributed by atoms with E-state index in [0.29, 0.717) is 0 Å². The number of benzene rings is 1. The van der Waals surface area contributed by atoms with Crippen molar-refractivity contribution in [3.8, 4) is 5.75 Å². The third kappa shape index (κ3) is 3.71. The molecular weight excluding hydrogens is 326 g/mol. The van der Waals surface area contributed by atoms with Crippen LogP contribution in [-0.4, -0.2) is 48.2 Å². The van der Waals surface area contributed by atoms with Crippen molar-refractivity contribution in [2.45, 2.75) is 39.3 Å². The molecule has 1 atom stereocenters. The van der Waals surface area contributed by atoms with Crippen LogP contribution in [0, 0.1) is 0 Å². The van der Waals surface area contributed by atoms with E-state index in [1.54, 1.807) is 7.11 Å². The normalized spacial score (nSPS) is 18.1. The summed E-state index contributed by atoms with van der Waals surface area (Å²) in [6, 6.07) is 10.2. The number of carbonyl (C=O) groups is 1. The smallest absolute Gasteiger partial charge is 0.255 e. The van der Waals surface area contributed by atoms with E-state index in [1.807, 2.05) is 35.5 Å². The first kappa shape index (κ1) is 18.4. The number of anilines is 1. The number of amides is 1. The lowest BCUT2D eigenvalue weighted by molar-refractivity contribution is 0.0674. The molecule has 0 saturated carbocycles. The summed E-state index contributed by atoms with van der Waals surface area (Å²) in [6.45, 7) is 10.9. The van der Waals surface area contributed by atoms with Crippen LogP contribution in [0.4, 0.5) is 5.69 Å². The molecule has 2 aromatic rings. The van der Waals surface area contributed by atoms with E-state index in [4.69, 9.17) is 4.74 Å². The van der Waals surface area contributed by atoms with Crippen molar-refractivity contribution in [3.63, 3.8) is 0 Å². The Kier molecular flexibility index (Phi) is 4.99. The number of hydrogen-bond donors (Lipinski definition) is 0. The van der Waals surface area contributed by atoms with Crippen LogP contribution in [0.15, 0.2) is 42.7 Å². The molecule has 2 heterocycles. The van der Waals surface area contributed by atoms with Crippen molar-refractivity contribution in [1.82, 2.24) is 9.47 Å². The fourth-order valence-electron chi connectivity index (χ4n) is 3.39. The van der Waals surface area contributed by atoms with Crippen molar-refractivity contribution < 1.29 is 9.53 Å². The van der Waals surface area contributed by atoms with Crippen LogP contribution in [0.1, 0.15) is 38.1 Å². The van der Waals surface area contributed by atoms with Crippen LogP contribution in [0.25, 0.3) is 0 Å². The predicted molar refractivity (Wildman–Crippen MR) is 105 cm³/mol. The van der Waals surface area contributed by atoms with Crippen LogP contribution in [0.5, 0.6) is 5.75 Å². The quantitative estimate of drug-likeness (QED) is 0.844. The van der Waals surface area contributed by atoms with Gasteiger partial charge in [-0.1, -0.05) is 0 Å². The van der Waals surface area contributed by atoms with Crippen LogP contribution in [0.2, 0.25) is 0 Å². The molecule has 140 valence electrons. The molecule has 1 aromatic heterocycles. The summed E-state index contributed by atoms with van der Waals surface area (Å²) >= 11 is 0. The Morgan fingerprint density at radius 2 is 1.81 bits per heavy atom. The van der Waals surface area contributed by atoms with E-state index in [-0.39, 0.29) is 17.5 Å². The number of nitrogens with zero attached hydrogens (tertiary/aromatic N) is 3. The fraction of sp³-hybridized carbons (Fsp3) is 0.476. The van der Waals surface area contributed by atoms with Crippen molar-refractivity contribution in [3.05, 3.63) is 48.3 Å². The van der Waals surface area contributed by atoms with Crippen LogP contribution >= 0.6 is 0 Å². The molecule has 0 unspecified atom stereocenters. The summed E-state index contributed by atoms with van der Waals surface area (Å²) in [7, 11) is 1.68. The second-order valence-electron chi connectivity index (χ2n) is 7.97. The summed E-state index contributed by atoms with van der Waals surface area (Å²) in [5.41, 5.74) is 1.92. The van der Waals surface area contributed by atoms with E-state index >= 15 is 0 Å². The van der Waals surface area contributed by atoms with E-state index in [0.717, 1.165) is 30.9 Å². The first-order valence-corrected chi connectivity index (χ1v) is 9.18. The van der Waals surface area contributed by atoms with Gasteiger partial charge in [0.1, 0.15) is 5.75 Å². The molecule has 0 aliphatic carbocycles. The zero-order valence-corrected chi connectivity index (χ0v) is 16.4. The number of hydrogen-bond acceptors (Lipinski definition) is 3. The second-order valence-corrected chi connectivity index (χ2v) is 7.97. The second kappa shape index (κ2) is 7.06. The number of piperazine rings is 1. The molecule has 1 saturated heterocycles. The molecule has 1 aliphatic heterocycles. The molecule has 0 bridgehead atoms. The summed E-state index contributed by atoms with van der Waals surface area (Å²) in [6.07, 6.45) is 3.95. The van der Waals surface area contributed by atoms with Gasteiger partial charge in [0.15, 0.2) is 0 Å². The Bertz CT molecular complexity index is 758. The van der Waals surface area contributed by atoms with Crippen molar-refractivity contribution in [1.29, 1.82) is 0 Å². The van der Waals surface area contributed by atoms with Gasteiger partial charge >= 0.3 is 0 Å². The number of aromatic nitrogens is 1. The number of carbonyl (C=O) groups excluding carboxylic acids is 1. The first-order chi connectivity index (χ1) is 12.3. The predicted octanol–water partition coefficient (Wildman–Crippen LogP) is 3.60. The summed E-state index contributed by atoms with van der Waals surface area (Å²) in [4.78, 5) is 17.3. The van der Waals surface area contributed by atoms with Gasteiger partial charge < -0.3 is 19.1 Å². The molecule has 3 rings (SSSR count). The topological polar surface area (TPSA) is 37.7 Å². The molecule has 5 heteroatoms. The fourth-order valence-corrected chi connectivity index (χ4v) is 3.39. The first-order valence-electron chi connectivity index (χ1n) is 9.18. The van der Waals surface area contributed by atoms with Crippen molar-refractivity contribution >= 4 is 11.6 Å². The van der Waals surface area contributed by atoms with Gasteiger partial charge in [0.05, 0.1) is 12.7 Å².